The number of esters is 1. The fourth-order valence-corrected chi connectivity index (χ4v) is 3.70. The Kier molecular flexibility index (Phi) is 5.94. The maximum absolute atomic E-state index is 12.8. The van der Waals surface area contributed by atoms with E-state index in [-0.39, 0.29) is 12.8 Å². The first-order valence-corrected chi connectivity index (χ1v) is 9.78. The molecule has 1 atom stereocenters. The number of carbonyl (C=O) groups excluding carboxylic acids is 2. The lowest BCUT2D eigenvalue weighted by molar-refractivity contribution is -0.141. The van der Waals surface area contributed by atoms with Crippen LogP contribution < -0.4 is 20.1 Å². The highest BCUT2D eigenvalue weighted by molar-refractivity contribution is 9.10. The van der Waals surface area contributed by atoms with Crippen LogP contribution in [0.3, 0.4) is 0 Å². The molecule has 0 bridgehead atoms. The summed E-state index contributed by atoms with van der Waals surface area (Å²) in [5.41, 5.74) is 1.55. The molecule has 0 unspecified atom stereocenters. The van der Waals surface area contributed by atoms with E-state index in [0.29, 0.717) is 45.3 Å². The first-order chi connectivity index (χ1) is 12.9. The predicted octanol–water partition coefficient (Wildman–Crippen LogP) is 3.79. The van der Waals surface area contributed by atoms with E-state index in [4.69, 9.17) is 14.2 Å². The summed E-state index contributed by atoms with van der Waals surface area (Å²) in [6, 6.07) is 2.51. The molecule has 7 nitrogen and oxygen atoms in total. The molecule has 0 spiro atoms. The monoisotopic (exact) mass is 438 g/mol. The van der Waals surface area contributed by atoms with Crippen molar-refractivity contribution < 1.29 is 23.8 Å². The normalized spacial score (nSPS) is 18.4. The average Bonchev–Trinajstić information content (AvgIpc) is 3.08. The number of carbonyl (C=O) groups is 2. The molecule has 3 rings (SSSR count). The number of ether oxygens (including phenoxy) is 3. The minimum absolute atomic E-state index is 0.142. The molecule has 2 heterocycles. The summed E-state index contributed by atoms with van der Waals surface area (Å²) in [6.45, 7) is 6.33. The smallest absolute Gasteiger partial charge is 0.338 e. The maximum Gasteiger partial charge on any atom is 0.338 e. The Morgan fingerprint density at radius 1 is 1.30 bits per heavy atom. The second kappa shape index (κ2) is 8.21. The van der Waals surface area contributed by atoms with Crippen LogP contribution in [0.2, 0.25) is 0 Å². The van der Waals surface area contributed by atoms with E-state index in [1.165, 1.54) is 0 Å². The molecule has 2 amide bonds. The number of hydrogen-bond acceptors (Lipinski definition) is 5. The molecule has 27 heavy (non-hydrogen) atoms. The van der Waals surface area contributed by atoms with Gasteiger partial charge in [-0.15, -0.1) is 0 Å². The zero-order valence-electron chi connectivity index (χ0n) is 15.6. The van der Waals surface area contributed by atoms with Gasteiger partial charge in [0.25, 0.3) is 0 Å². The highest BCUT2D eigenvalue weighted by Crippen LogP contribution is 2.41. The number of allylic oxidation sites excluding steroid dienone is 1. The van der Waals surface area contributed by atoms with E-state index in [0.717, 1.165) is 12.8 Å². The van der Waals surface area contributed by atoms with Crippen LogP contribution in [0.25, 0.3) is 0 Å². The minimum atomic E-state index is -0.656. The molecule has 0 aromatic heterocycles. The summed E-state index contributed by atoms with van der Waals surface area (Å²) in [5.74, 6) is 1.06. The Morgan fingerprint density at radius 2 is 1.96 bits per heavy atom. The van der Waals surface area contributed by atoms with Crippen LogP contribution in [0.4, 0.5) is 4.79 Å². The zero-order chi connectivity index (χ0) is 19.6. The van der Waals surface area contributed by atoms with Gasteiger partial charge in [0, 0.05) is 10.2 Å². The van der Waals surface area contributed by atoms with Crippen LogP contribution >= 0.6 is 15.9 Å². The zero-order valence-corrected chi connectivity index (χ0v) is 17.1. The standard InChI is InChI=1S/C19H23BrN2O5/c1-4-11(5-2)8-25-18(23)16-10(3)21-19(24)22-17(16)12-6-14-15(7-13(12)20)27-9-26-14/h6-7,11,17H,4-5,8-9H2,1-3H3,(H2,21,22,24)/t17-/m1/s1. The number of rotatable bonds is 6. The van der Waals surface area contributed by atoms with Gasteiger partial charge in [0.15, 0.2) is 11.5 Å². The van der Waals surface area contributed by atoms with E-state index < -0.39 is 12.0 Å². The van der Waals surface area contributed by atoms with Gasteiger partial charge in [-0.05, 0) is 30.5 Å². The van der Waals surface area contributed by atoms with E-state index >= 15 is 0 Å². The molecule has 0 saturated heterocycles. The van der Waals surface area contributed by atoms with Crippen molar-refractivity contribution in [2.24, 2.45) is 5.92 Å². The lowest BCUT2D eigenvalue weighted by Crippen LogP contribution is -2.45. The highest BCUT2D eigenvalue weighted by Gasteiger charge is 2.34. The van der Waals surface area contributed by atoms with Gasteiger partial charge in [-0.3, -0.25) is 0 Å². The van der Waals surface area contributed by atoms with Crippen LogP contribution in [-0.4, -0.2) is 25.4 Å². The van der Waals surface area contributed by atoms with Crippen molar-refractivity contribution >= 4 is 27.9 Å². The molecule has 2 aliphatic heterocycles. The number of hydrogen-bond donors (Lipinski definition) is 2. The molecular weight excluding hydrogens is 416 g/mol. The molecule has 0 aliphatic carbocycles. The molecule has 2 N–H and O–H groups in total. The number of fused-ring (bicyclic) bond motifs is 1. The SMILES string of the molecule is CCC(CC)COC(=O)C1=C(C)NC(=O)N[C@@H]1c1cc2c(cc1Br)OCO2. The van der Waals surface area contributed by atoms with Gasteiger partial charge in [0.05, 0.1) is 18.2 Å². The summed E-state index contributed by atoms with van der Waals surface area (Å²) in [7, 11) is 0. The van der Waals surface area contributed by atoms with Crippen molar-refractivity contribution in [1.29, 1.82) is 0 Å². The number of nitrogens with one attached hydrogen (secondary N) is 2. The van der Waals surface area contributed by atoms with Crippen LogP contribution in [0, 0.1) is 5.92 Å². The van der Waals surface area contributed by atoms with Crippen LogP contribution in [0.5, 0.6) is 11.5 Å². The fraction of sp³-hybridized carbons (Fsp3) is 0.474. The Bertz CT molecular complexity index is 789. The number of benzene rings is 1. The second-order valence-electron chi connectivity index (χ2n) is 6.58. The molecule has 8 heteroatoms. The summed E-state index contributed by atoms with van der Waals surface area (Å²) < 4.78 is 17.1. The first-order valence-electron chi connectivity index (χ1n) is 8.99. The van der Waals surface area contributed by atoms with Crippen molar-refractivity contribution in [2.75, 3.05) is 13.4 Å². The molecule has 1 aromatic rings. The largest absolute Gasteiger partial charge is 0.462 e. The Labute approximate surface area is 166 Å². The lowest BCUT2D eigenvalue weighted by atomic mass is 9.95. The first kappa shape index (κ1) is 19.5. The van der Waals surface area contributed by atoms with Gasteiger partial charge in [-0.1, -0.05) is 42.6 Å². The summed E-state index contributed by atoms with van der Waals surface area (Å²) in [5, 5.41) is 5.46. The molecule has 0 saturated carbocycles. The number of urea groups is 1. The van der Waals surface area contributed by atoms with Crippen molar-refractivity contribution in [2.45, 2.75) is 39.7 Å². The predicted molar refractivity (Wildman–Crippen MR) is 102 cm³/mol. The van der Waals surface area contributed by atoms with Gasteiger partial charge >= 0.3 is 12.0 Å². The second-order valence-corrected chi connectivity index (χ2v) is 7.43. The van der Waals surface area contributed by atoms with Gasteiger partial charge in [0.1, 0.15) is 0 Å². The van der Waals surface area contributed by atoms with Gasteiger partial charge < -0.3 is 24.8 Å². The molecule has 1 aromatic carbocycles. The van der Waals surface area contributed by atoms with E-state index in [2.05, 4.69) is 40.4 Å². The minimum Gasteiger partial charge on any atom is -0.462 e. The van der Waals surface area contributed by atoms with E-state index in [1.54, 1.807) is 19.1 Å². The maximum atomic E-state index is 12.8. The van der Waals surface area contributed by atoms with Crippen LogP contribution in [-0.2, 0) is 9.53 Å². The quantitative estimate of drug-likeness (QED) is 0.659. The summed E-state index contributed by atoms with van der Waals surface area (Å²) in [6.07, 6.45) is 1.88. The Hall–Kier alpha value is -2.22. The van der Waals surface area contributed by atoms with Gasteiger partial charge in [-0.2, -0.15) is 0 Å². The lowest BCUT2D eigenvalue weighted by Gasteiger charge is -2.29. The van der Waals surface area contributed by atoms with Crippen LogP contribution in [0.15, 0.2) is 27.9 Å². The van der Waals surface area contributed by atoms with Crippen molar-refractivity contribution in [3.8, 4) is 11.5 Å². The van der Waals surface area contributed by atoms with Crippen molar-refractivity contribution in [3.63, 3.8) is 0 Å². The topological polar surface area (TPSA) is 85.9 Å². The Balaban J connectivity index is 1.92. The average molecular weight is 439 g/mol. The van der Waals surface area contributed by atoms with E-state index in [1.807, 2.05) is 0 Å². The highest BCUT2D eigenvalue weighted by atomic mass is 79.9. The number of amides is 2. The van der Waals surface area contributed by atoms with Crippen molar-refractivity contribution in [1.82, 2.24) is 10.6 Å². The van der Waals surface area contributed by atoms with Gasteiger partial charge in [-0.25, -0.2) is 9.59 Å². The molecule has 0 fully saturated rings. The third-order valence-electron chi connectivity index (χ3n) is 4.90. The van der Waals surface area contributed by atoms with Crippen LogP contribution in [0.1, 0.15) is 45.2 Å². The molecule has 146 valence electrons. The molecule has 0 radical (unpaired) electrons. The third-order valence-corrected chi connectivity index (χ3v) is 5.58. The third kappa shape index (κ3) is 4.05. The summed E-state index contributed by atoms with van der Waals surface area (Å²) in [4.78, 5) is 24.9. The van der Waals surface area contributed by atoms with Gasteiger partial charge in [0.2, 0.25) is 6.79 Å². The Morgan fingerprint density at radius 3 is 2.63 bits per heavy atom. The molecule has 2 aliphatic rings. The number of halogens is 1. The summed E-state index contributed by atoms with van der Waals surface area (Å²) >= 11 is 3.50. The molecular formula is C19H23BrN2O5. The fourth-order valence-electron chi connectivity index (χ4n) is 3.15. The van der Waals surface area contributed by atoms with E-state index in [9.17, 15) is 9.59 Å². The van der Waals surface area contributed by atoms with Crippen molar-refractivity contribution in [3.05, 3.63) is 33.4 Å².